The Hall–Kier alpha value is -1.80. The molecule has 2 aromatic rings. The van der Waals surface area contributed by atoms with Gasteiger partial charge in [0, 0.05) is 18.8 Å². The van der Waals surface area contributed by atoms with Gasteiger partial charge in [0.25, 0.3) is 0 Å². The van der Waals surface area contributed by atoms with E-state index in [2.05, 4.69) is 62.2 Å². The molecule has 2 aromatic carbocycles. The Kier molecular flexibility index (Phi) is 4.23. The SMILES string of the molecule is Cc1cc(CN(C)Cc2ccccc2C)ccc1N. The van der Waals surface area contributed by atoms with E-state index in [1.165, 1.54) is 16.7 Å². The molecule has 2 N–H and O–H groups in total. The summed E-state index contributed by atoms with van der Waals surface area (Å²) in [7, 11) is 2.15. The van der Waals surface area contributed by atoms with Crippen LogP contribution in [0.3, 0.4) is 0 Å². The molecule has 0 aliphatic heterocycles. The maximum Gasteiger partial charge on any atom is 0.0343 e. The molecule has 2 nitrogen and oxygen atoms in total. The number of nitrogens with zero attached hydrogens (tertiary/aromatic N) is 1. The monoisotopic (exact) mass is 254 g/mol. The van der Waals surface area contributed by atoms with Gasteiger partial charge in [-0.2, -0.15) is 0 Å². The normalized spacial score (nSPS) is 10.9. The fourth-order valence-electron chi connectivity index (χ4n) is 2.28. The van der Waals surface area contributed by atoms with E-state index >= 15 is 0 Å². The highest BCUT2D eigenvalue weighted by atomic mass is 15.1. The standard InChI is InChI=1S/C17H22N2/c1-13-6-4-5-7-16(13)12-19(3)11-15-8-9-17(18)14(2)10-15/h4-10H,11-12,18H2,1-3H3. The smallest absolute Gasteiger partial charge is 0.0343 e. The van der Waals surface area contributed by atoms with Gasteiger partial charge < -0.3 is 5.73 Å². The van der Waals surface area contributed by atoms with Crippen molar-refractivity contribution in [3.8, 4) is 0 Å². The molecule has 0 spiro atoms. The van der Waals surface area contributed by atoms with E-state index in [1.807, 2.05) is 6.07 Å². The first kappa shape index (κ1) is 13.6. The number of anilines is 1. The number of nitrogen functional groups attached to an aromatic ring is 1. The van der Waals surface area contributed by atoms with E-state index in [4.69, 9.17) is 5.73 Å². The summed E-state index contributed by atoms with van der Waals surface area (Å²) in [5, 5.41) is 0. The second-order valence-corrected chi connectivity index (χ2v) is 5.29. The molecule has 0 heterocycles. The Balaban J connectivity index is 2.03. The van der Waals surface area contributed by atoms with Crippen LogP contribution in [0.5, 0.6) is 0 Å². The molecular weight excluding hydrogens is 232 g/mol. The van der Waals surface area contributed by atoms with Crippen molar-refractivity contribution in [2.24, 2.45) is 0 Å². The van der Waals surface area contributed by atoms with Crippen LogP contribution in [0, 0.1) is 13.8 Å². The zero-order chi connectivity index (χ0) is 13.8. The van der Waals surface area contributed by atoms with Gasteiger partial charge in [0.2, 0.25) is 0 Å². The van der Waals surface area contributed by atoms with Crippen LogP contribution < -0.4 is 5.73 Å². The molecule has 19 heavy (non-hydrogen) atoms. The highest BCUT2D eigenvalue weighted by Crippen LogP contribution is 2.16. The molecule has 0 bridgehead atoms. The summed E-state index contributed by atoms with van der Waals surface area (Å²) in [6.45, 7) is 6.13. The van der Waals surface area contributed by atoms with Crippen LogP contribution in [-0.2, 0) is 13.1 Å². The van der Waals surface area contributed by atoms with Gasteiger partial charge in [-0.05, 0) is 49.2 Å². The molecule has 100 valence electrons. The Morgan fingerprint density at radius 3 is 2.37 bits per heavy atom. The van der Waals surface area contributed by atoms with Crippen molar-refractivity contribution in [3.05, 3.63) is 64.7 Å². The highest BCUT2D eigenvalue weighted by Gasteiger charge is 2.04. The molecule has 0 radical (unpaired) electrons. The van der Waals surface area contributed by atoms with Gasteiger partial charge in [-0.3, -0.25) is 4.90 Å². The van der Waals surface area contributed by atoms with Crippen LogP contribution in [0.15, 0.2) is 42.5 Å². The molecule has 0 unspecified atom stereocenters. The fraction of sp³-hybridized carbons (Fsp3) is 0.294. The first-order valence-corrected chi connectivity index (χ1v) is 6.64. The second-order valence-electron chi connectivity index (χ2n) is 5.29. The van der Waals surface area contributed by atoms with Crippen LogP contribution in [0.4, 0.5) is 5.69 Å². The maximum atomic E-state index is 5.85. The van der Waals surface area contributed by atoms with Crippen molar-refractivity contribution in [1.82, 2.24) is 4.90 Å². The van der Waals surface area contributed by atoms with E-state index in [1.54, 1.807) is 0 Å². The highest BCUT2D eigenvalue weighted by molar-refractivity contribution is 5.47. The number of hydrogen-bond acceptors (Lipinski definition) is 2. The Morgan fingerprint density at radius 2 is 1.68 bits per heavy atom. The van der Waals surface area contributed by atoms with Crippen LogP contribution in [-0.4, -0.2) is 11.9 Å². The zero-order valence-corrected chi connectivity index (χ0v) is 12.0. The van der Waals surface area contributed by atoms with Crippen LogP contribution >= 0.6 is 0 Å². The summed E-state index contributed by atoms with van der Waals surface area (Å²) >= 11 is 0. The molecule has 0 aromatic heterocycles. The number of nitrogens with two attached hydrogens (primary N) is 1. The van der Waals surface area contributed by atoms with Gasteiger partial charge in [0.15, 0.2) is 0 Å². The summed E-state index contributed by atoms with van der Waals surface area (Å²) in [4.78, 5) is 2.33. The van der Waals surface area contributed by atoms with Gasteiger partial charge in [0.05, 0.1) is 0 Å². The van der Waals surface area contributed by atoms with Crippen LogP contribution in [0.2, 0.25) is 0 Å². The van der Waals surface area contributed by atoms with Gasteiger partial charge in [-0.25, -0.2) is 0 Å². The van der Waals surface area contributed by atoms with Crippen molar-refractivity contribution in [1.29, 1.82) is 0 Å². The van der Waals surface area contributed by atoms with E-state index in [9.17, 15) is 0 Å². The van der Waals surface area contributed by atoms with Crippen molar-refractivity contribution in [2.45, 2.75) is 26.9 Å². The Morgan fingerprint density at radius 1 is 0.947 bits per heavy atom. The molecule has 0 atom stereocenters. The third kappa shape index (κ3) is 3.58. The predicted octanol–water partition coefficient (Wildman–Crippen LogP) is 3.52. The summed E-state index contributed by atoms with van der Waals surface area (Å²) in [6.07, 6.45) is 0. The van der Waals surface area contributed by atoms with Crippen molar-refractivity contribution in [2.75, 3.05) is 12.8 Å². The lowest BCUT2D eigenvalue weighted by Gasteiger charge is -2.18. The molecule has 0 fully saturated rings. The molecule has 0 aliphatic rings. The predicted molar refractivity (Wildman–Crippen MR) is 81.9 cm³/mol. The molecule has 2 rings (SSSR count). The van der Waals surface area contributed by atoms with E-state index in [0.717, 1.165) is 24.3 Å². The number of aryl methyl sites for hydroxylation is 2. The van der Waals surface area contributed by atoms with Gasteiger partial charge >= 0.3 is 0 Å². The summed E-state index contributed by atoms with van der Waals surface area (Å²) < 4.78 is 0. The Bertz CT molecular complexity index is 561. The summed E-state index contributed by atoms with van der Waals surface area (Å²) in [5.74, 6) is 0. The minimum atomic E-state index is 0.866. The average molecular weight is 254 g/mol. The first-order valence-electron chi connectivity index (χ1n) is 6.64. The Labute approximate surface area is 115 Å². The molecule has 0 saturated heterocycles. The maximum absolute atomic E-state index is 5.85. The molecular formula is C17H22N2. The zero-order valence-electron chi connectivity index (χ0n) is 12.0. The van der Waals surface area contributed by atoms with Crippen LogP contribution in [0.1, 0.15) is 22.3 Å². The minimum absolute atomic E-state index is 0.866. The first-order chi connectivity index (χ1) is 9.06. The lowest BCUT2D eigenvalue weighted by molar-refractivity contribution is 0.318. The number of hydrogen-bond donors (Lipinski definition) is 1. The topological polar surface area (TPSA) is 29.3 Å². The minimum Gasteiger partial charge on any atom is -0.399 e. The van der Waals surface area contributed by atoms with Gasteiger partial charge in [-0.15, -0.1) is 0 Å². The lowest BCUT2D eigenvalue weighted by Crippen LogP contribution is -2.18. The van der Waals surface area contributed by atoms with Gasteiger partial charge in [-0.1, -0.05) is 36.4 Å². The van der Waals surface area contributed by atoms with Crippen molar-refractivity contribution < 1.29 is 0 Å². The number of rotatable bonds is 4. The quantitative estimate of drug-likeness (QED) is 0.846. The van der Waals surface area contributed by atoms with E-state index in [-0.39, 0.29) is 0 Å². The second kappa shape index (κ2) is 5.89. The van der Waals surface area contributed by atoms with Crippen LogP contribution in [0.25, 0.3) is 0 Å². The summed E-state index contributed by atoms with van der Waals surface area (Å²) in [6, 6.07) is 14.8. The fourth-order valence-corrected chi connectivity index (χ4v) is 2.28. The largest absolute Gasteiger partial charge is 0.399 e. The van der Waals surface area contributed by atoms with Crippen molar-refractivity contribution in [3.63, 3.8) is 0 Å². The van der Waals surface area contributed by atoms with Crippen molar-refractivity contribution >= 4 is 5.69 Å². The van der Waals surface area contributed by atoms with E-state index < -0.39 is 0 Å². The number of benzene rings is 2. The van der Waals surface area contributed by atoms with E-state index in [0.29, 0.717) is 0 Å². The molecule has 0 aliphatic carbocycles. The average Bonchev–Trinajstić information content (AvgIpc) is 2.37. The lowest BCUT2D eigenvalue weighted by atomic mass is 10.1. The van der Waals surface area contributed by atoms with Gasteiger partial charge in [0.1, 0.15) is 0 Å². The third-order valence-electron chi connectivity index (χ3n) is 3.49. The third-order valence-corrected chi connectivity index (χ3v) is 3.49. The summed E-state index contributed by atoms with van der Waals surface area (Å²) in [5.41, 5.74) is 11.9. The molecule has 2 heteroatoms. The molecule has 0 saturated carbocycles. The molecule has 0 amide bonds.